The minimum absolute atomic E-state index is 0.133. The number of hydrogen-bond donors (Lipinski definition) is 1. The van der Waals surface area contributed by atoms with Crippen LogP contribution in [0.2, 0.25) is 0 Å². The van der Waals surface area contributed by atoms with E-state index >= 15 is 0 Å². The molecule has 0 aromatic heterocycles. The SMILES string of the molecule is COc1ccccc1N1CCN(C(=O)NCCOc2ccccc2F)CC1. The number of halogens is 1. The lowest BCUT2D eigenvalue weighted by molar-refractivity contribution is 0.191. The van der Waals surface area contributed by atoms with Gasteiger partial charge in [-0.2, -0.15) is 0 Å². The molecule has 0 saturated carbocycles. The topological polar surface area (TPSA) is 54.0 Å². The van der Waals surface area contributed by atoms with Crippen molar-refractivity contribution in [2.45, 2.75) is 0 Å². The molecule has 3 rings (SSSR count). The molecule has 1 N–H and O–H groups in total. The Morgan fingerprint density at radius 1 is 1.04 bits per heavy atom. The molecule has 1 fully saturated rings. The largest absolute Gasteiger partial charge is 0.495 e. The Labute approximate surface area is 158 Å². The van der Waals surface area contributed by atoms with E-state index in [0.29, 0.717) is 19.6 Å². The zero-order chi connectivity index (χ0) is 19.1. The summed E-state index contributed by atoms with van der Waals surface area (Å²) in [5.41, 5.74) is 1.04. The number of anilines is 1. The second kappa shape index (κ2) is 9.12. The lowest BCUT2D eigenvalue weighted by Gasteiger charge is -2.36. The molecular formula is C20H24FN3O3. The molecule has 0 aliphatic carbocycles. The van der Waals surface area contributed by atoms with Crippen LogP contribution in [0.3, 0.4) is 0 Å². The second-order valence-corrected chi connectivity index (χ2v) is 6.16. The average Bonchev–Trinajstić information content (AvgIpc) is 2.72. The Hall–Kier alpha value is -2.96. The molecule has 1 aliphatic rings. The van der Waals surface area contributed by atoms with E-state index in [1.54, 1.807) is 30.2 Å². The van der Waals surface area contributed by atoms with Crippen molar-refractivity contribution in [1.82, 2.24) is 10.2 Å². The Morgan fingerprint density at radius 2 is 1.70 bits per heavy atom. The first-order chi connectivity index (χ1) is 13.2. The van der Waals surface area contributed by atoms with Crippen molar-refractivity contribution < 1.29 is 18.7 Å². The summed E-state index contributed by atoms with van der Waals surface area (Å²) < 4.78 is 24.2. The molecule has 0 radical (unpaired) electrons. The smallest absolute Gasteiger partial charge is 0.317 e. The van der Waals surface area contributed by atoms with E-state index in [-0.39, 0.29) is 18.4 Å². The van der Waals surface area contributed by atoms with Gasteiger partial charge in [-0.15, -0.1) is 0 Å². The Bertz CT molecular complexity index is 764. The van der Waals surface area contributed by atoms with Crippen molar-refractivity contribution in [2.24, 2.45) is 0 Å². The molecule has 2 aromatic carbocycles. The summed E-state index contributed by atoms with van der Waals surface area (Å²) in [5.74, 6) is 0.620. The summed E-state index contributed by atoms with van der Waals surface area (Å²) in [6, 6.07) is 14.0. The minimum Gasteiger partial charge on any atom is -0.495 e. The van der Waals surface area contributed by atoms with Crippen molar-refractivity contribution in [1.29, 1.82) is 0 Å². The van der Waals surface area contributed by atoms with Crippen LogP contribution in [0.25, 0.3) is 0 Å². The summed E-state index contributed by atoms with van der Waals surface area (Å²) in [7, 11) is 1.66. The molecule has 1 heterocycles. The summed E-state index contributed by atoms with van der Waals surface area (Å²) in [5, 5.41) is 2.82. The summed E-state index contributed by atoms with van der Waals surface area (Å²) in [6.45, 7) is 3.25. The molecule has 2 aromatic rings. The molecule has 2 amide bonds. The Morgan fingerprint density at radius 3 is 2.41 bits per heavy atom. The molecule has 0 atom stereocenters. The van der Waals surface area contributed by atoms with Gasteiger partial charge in [0.15, 0.2) is 11.6 Å². The van der Waals surface area contributed by atoms with Crippen LogP contribution in [0.15, 0.2) is 48.5 Å². The molecule has 144 valence electrons. The summed E-state index contributed by atoms with van der Waals surface area (Å²) in [6.07, 6.45) is 0. The third-order valence-electron chi connectivity index (χ3n) is 4.47. The van der Waals surface area contributed by atoms with Crippen LogP contribution in [0.4, 0.5) is 14.9 Å². The number of carbonyl (C=O) groups is 1. The van der Waals surface area contributed by atoms with Gasteiger partial charge in [-0.3, -0.25) is 0 Å². The maximum atomic E-state index is 13.5. The molecular weight excluding hydrogens is 349 g/mol. The Kier molecular flexibility index (Phi) is 6.35. The lowest BCUT2D eigenvalue weighted by atomic mass is 10.2. The fraction of sp³-hybridized carbons (Fsp3) is 0.350. The van der Waals surface area contributed by atoms with E-state index in [2.05, 4.69) is 10.2 Å². The molecule has 0 bridgehead atoms. The predicted octanol–water partition coefficient (Wildman–Crippen LogP) is 2.74. The summed E-state index contributed by atoms with van der Waals surface area (Å²) in [4.78, 5) is 16.3. The van der Waals surface area contributed by atoms with Crippen molar-refractivity contribution in [2.75, 3.05) is 51.3 Å². The van der Waals surface area contributed by atoms with Gasteiger partial charge in [0.1, 0.15) is 12.4 Å². The molecule has 1 aliphatic heterocycles. The number of carbonyl (C=O) groups excluding carboxylic acids is 1. The molecule has 0 spiro atoms. The van der Waals surface area contributed by atoms with E-state index in [0.717, 1.165) is 24.5 Å². The standard InChI is InChI=1S/C20H24FN3O3/c1-26-19-9-5-3-7-17(19)23-11-13-24(14-12-23)20(25)22-10-15-27-18-8-4-2-6-16(18)21/h2-9H,10-15H2,1H3,(H,22,25). The highest BCUT2D eigenvalue weighted by molar-refractivity contribution is 5.74. The van der Waals surface area contributed by atoms with Crippen LogP contribution in [0, 0.1) is 5.82 Å². The lowest BCUT2D eigenvalue weighted by Crippen LogP contribution is -2.52. The summed E-state index contributed by atoms with van der Waals surface area (Å²) >= 11 is 0. The first-order valence-electron chi connectivity index (χ1n) is 8.97. The van der Waals surface area contributed by atoms with Crippen molar-refractivity contribution in [3.05, 3.63) is 54.3 Å². The molecule has 1 saturated heterocycles. The number of ether oxygens (including phenoxy) is 2. The molecule has 6 nitrogen and oxygen atoms in total. The highest BCUT2D eigenvalue weighted by atomic mass is 19.1. The number of urea groups is 1. The minimum atomic E-state index is -0.406. The molecule has 7 heteroatoms. The van der Waals surface area contributed by atoms with Crippen molar-refractivity contribution in [3.8, 4) is 11.5 Å². The van der Waals surface area contributed by atoms with Crippen LogP contribution in [0.5, 0.6) is 11.5 Å². The van der Waals surface area contributed by atoms with E-state index in [4.69, 9.17) is 9.47 Å². The number of benzene rings is 2. The molecule has 27 heavy (non-hydrogen) atoms. The predicted molar refractivity (Wildman–Crippen MR) is 102 cm³/mol. The third-order valence-corrected chi connectivity index (χ3v) is 4.47. The van der Waals surface area contributed by atoms with Crippen molar-refractivity contribution >= 4 is 11.7 Å². The van der Waals surface area contributed by atoms with Gasteiger partial charge in [0, 0.05) is 26.2 Å². The normalized spacial score (nSPS) is 14.0. The van der Waals surface area contributed by atoms with E-state index in [9.17, 15) is 9.18 Å². The van der Waals surface area contributed by atoms with Gasteiger partial charge in [0.2, 0.25) is 0 Å². The third kappa shape index (κ3) is 4.81. The highest BCUT2D eigenvalue weighted by Gasteiger charge is 2.22. The van der Waals surface area contributed by atoms with Gasteiger partial charge in [-0.25, -0.2) is 9.18 Å². The number of hydrogen-bond acceptors (Lipinski definition) is 4. The van der Waals surface area contributed by atoms with E-state index in [1.165, 1.54) is 6.07 Å². The monoisotopic (exact) mass is 373 g/mol. The second-order valence-electron chi connectivity index (χ2n) is 6.16. The number of methoxy groups -OCH3 is 1. The van der Waals surface area contributed by atoms with Gasteiger partial charge in [-0.1, -0.05) is 24.3 Å². The van der Waals surface area contributed by atoms with E-state index < -0.39 is 5.82 Å². The van der Waals surface area contributed by atoms with Gasteiger partial charge in [0.25, 0.3) is 0 Å². The number of amides is 2. The fourth-order valence-corrected chi connectivity index (χ4v) is 3.03. The number of para-hydroxylation sites is 3. The zero-order valence-corrected chi connectivity index (χ0v) is 15.4. The Balaban J connectivity index is 1.41. The van der Waals surface area contributed by atoms with Gasteiger partial charge >= 0.3 is 6.03 Å². The van der Waals surface area contributed by atoms with Crippen molar-refractivity contribution in [3.63, 3.8) is 0 Å². The average molecular weight is 373 g/mol. The van der Waals surface area contributed by atoms with Crippen LogP contribution in [0.1, 0.15) is 0 Å². The first kappa shape index (κ1) is 18.8. The van der Waals surface area contributed by atoms with Crippen LogP contribution >= 0.6 is 0 Å². The number of nitrogens with zero attached hydrogens (tertiary/aromatic N) is 2. The fourth-order valence-electron chi connectivity index (χ4n) is 3.03. The zero-order valence-electron chi connectivity index (χ0n) is 15.4. The number of piperazine rings is 1. The van der Waals surface area contributed by atoms with Gasteiger partial charge < -0.3 is 24.6 Å². The highest BCUT2D eigenvalue weighted by Crippen LogP contribution is 2.28. The van der Waals surface area contributed by atoms with Gasteiger partial charge in [-0.05, 0) is 24.3 Å². The quantitative estimate of drug-likeness (QED) is 0.791. The first-order valence-corrected chi connectivity index (χ1v) is 8.97. The van der Waals surface area contributed by atoms with E-state index in [1.807, 2.05) is 24.3 Å². The van der Waals surface area contributed by atoms with Gasteiger partial charge in [0.05, 0.1) is 19.3 Å². The van der Waals surface area contributed by atoms with Crippen LogP contribution < -0.4 is 19.7 Å². The number of rotatable bonds is 6. The molecule has 0 unspecified atom stereocenters. The van der Waals surface area contributed by atoms with Crippen LogP contribution in [-0.4, -0.2) is 57.4 Å². The van der Waals surface area contributed by atoms with Crippen LogP contribution in [-0.2, 0) is 0 Å². The maximum absolute atomic E-state index is 13.5. The maximum Gasteiger partial charge on any atom is 0.317 e. The number of nitrogens with one attached hydrogen (secondary N) is 1.